The zero-order valence-electron chi connectivity index (χ0n) is 12.9. The molecule has 0 spiro atoms. The molecule has 0 heterocycles. The van der Waals surface area contributed by atoms with E-state index in [0.717, 1.165) is 25.8 Å². The Labute approximate surface area is 118 Å². The van der Waals surface area contributed by atoms with Crippen molar-refractivity contribution in [2.24, 2.45) is 11.7 Å². The van der Waals surface area contributed by atoms with Crippen molar-refractivity contribution in [1.29, 1.82) is 0 Å². The largest absolute Gasteiger partial charge is 0.343 e. The van der Waals surface area contributed by atoms with Crippen molar-refractivity contribution in [2.75, 3.05) is 13.6 Å². The first-order valence-electron chi connectivity index (χ1n) is 8.14. The van der Waals surface area contributed by atoms with Gasteiger partial charge in [0.05, 0.1) is 0 Å². The second-order valence-corrected chi connectivity index (χ2v) is 6.04. The summed E-state index contributed by atoms with van der Waals surface area (Å²) in [6.07, 6.45) is 11.5. The molecule has 0 radical (unpaired) electrons. The molecule has 1 unspecified atom stereocenters. The van der Waals surface area contributed by atoms with Crippen LogP contribution in [0, 0.1) is 5.92 Å². The van der Waals surface area contributed by atoms with Crippen molar-refractivity contribution in [3.63, 3.8) is 0 Å². The summed E-state index contributed by atoms with van der Waals surface area (Å²) in [7, 11) is 2.00. The Bertz CT molecular complexity index is 247. The fraction of sp³-hybridized carbons (Fsp3) is 0.938. The Hall–Kier alpha value is -0.570. The Morgan fingerprint density at radius 3 is 2.37 bits per heavy atom. The average molecular weight is 268 g/mol. The van der Waals surface area contributed by atoms with Gasteiger partial charge in [-0.15, -0.1) is 0 Å². The maximum absolute atomic E-state index is 12.3. The fourth-order valence-corrected chi connectivity index (χ4v) is 3.14. The van der Waals surface area contributed by atoms with E-state index in [1.807, 2.05) is 11.9 Å². The Morgan fingerprint density at radius 2 is 1.84 bits per heavy atom. The molecule has 0 aromatic carbocycles. The van der Waals surface area contributed by atoms with Gasteiger partial charge < -0.3 is 10.6 Å². The highest BCUT2D eigenvalue weighted by molar-refractivity contribution is 5.76. The quantitative estimate of drug-likeness (QED) is 0.720. The van der Waals surface area contributed by atoms with Crippen LogP contribution in [0.3, 0.4) is 0 Å². The Morgan fingerprint density at radius 1 is 1.21 bits per heavy atom. The third kappa shape index (κ3) is 5.94. The van der Waals surface area contributed by atoms with Crippen molar-refractivity contribution >= 4 is 5.91 Å². The molecule has 112 valence electrons. The summed E-state index contributed by atoms with van der Waals surface area (Å²) in [6, 6.07) is 0.490. The highest BCUT2D eigenvalue weighted by Crippen LogP contribution is 2.22. The Balaban J connectivity index is 2.34. The number of rotatable bonds is 7. The van der Waals surface area contributed by atoms with Crippen LogP contribution in [0.25, 0.3) is 0 Å². The predicted molar refractivity (Wildman–Crippen MR) is 80.9 cm³/mol. The molecule has 0 bridgehead atoms. The van der Waals surface area contributed by atoms with Crippen LogP contribution >= 0.6 is 0 Å². The zero-order valence-corrected chi connectivity index (χ0v) is 12.9. The van der Waals surface area contributed by atoms with E-state index in [1.165, 1.54) is 38.5 Å². The molecule has 1 rings (SSSR count). The maximum Gasteiger partial charge on any atom is 0.222 e. The van der Waals surface area contributed by atoms with Gasteiger partial charge in [-0.2, -0.15) is 0 Å². The molecule has 0 aromatic heterocycles. The molecule has 0 aromatic rings. The number of nitrogens with two attached hydrogens (primary N) is 1. The van der Waals surface area contributed by atoms with E-state index < -0.39 is 0 Å². The second kappa shape index (κ2) is 9.35. The van der Waals surface area contributed by atoms with E-state index in [-0.39, 0.29) is 0 Å². The van der Waals surface area contributed by atoms with Crippen LogP contribution in [0.15, 0.2) is 0 Å². The van der Waals surface area contributed by atoms with Gasteiger partial charge >= 0.3 is 0 Å². The molecule has 0 saturated heterocycles. The van der Waals surface area contributed by atoms with Crippen molar-refractivity contribution < 1.29 is 4.79 Å². The van der Waals surface area contributed by atoms with Crippen LogP contribution < -0.4 is 5.73 Å². The molecule has 1 aliphatic rings. The maximum atomic E-state index is 12.3. The average Bonchev–Trinajstić information content (AvgIpc) is 2.71. The van der Waals surface area contributed by atoms with Gasteiger partial charge in [-0.05, 0) is 38.1 Å². The summed E-state index contributed by atoms with van der Waals surface area (Å²) in [5, 5.41) is 0. The number of hydrogen-bond donors (Lipinski definition) is 1. The van der Waals surface area contributed by atoms with Gasteiger partial charge in [-0.25, -0.2) is 0 Å². The molecule has 1 saturated carbocycles. The van der Waals surface area contributed by atoms with Gasteiger partial charge in [0.25, 0.3) is 0 Å². The first kappa shape index (κ1) is 16.5. The molecule has 1 atom stereocenters. The lowest BCUT2D eigenvalue weighted by molar-refractivity contribution is -0.132. The minimum absolute atomic E-state index is 0.336. The lowest BCUT2D eigenvalue weighted by Gasteiger charge is -2.28. The van der Waals surface area contributed by atoms with E-state index in [9.17, 15) is 4.79 Å². The predicted octanol–water partition coefficient (Wildman–Crippen LogP) is 3.32. The lowest BCUT2D eigenvalue weighted by Crippen LogP contribution is -2.36. The van der Waals surface area contributed by atoms with Crippen molar-refractivity contribution in [1.82, 2.24) is 4.90 Å². The monoisotopic (exact) mass is 268 g/mol. The minimum Gasteiger partial charge on any atom is -0.343 e. The van der Waals surface area contributed by atoms with Gasteiger partial charge in [0.1, 0.15) is 0 Å². The normalized spacial score (nSPS) is 18.9. The molecule has 19 heavy (non-hydrogen) atoms. The minimum atomic E-state index is 0.336. The SMILES string of the molecule is CCC(CCN)CCC(=O)N(C)C1CCCCCC1. The van der Waals surface area contributed by atoms with Crippen LogP contribution in [0.1, 0.15) is 71.1 Å². The van der Waals surface area contributed by atoms with E-state index >= 15 is 0 Å². The summed E-state index contributed by atoms with van der Waals surface area (Å²) < 4.78 is 0. The highest BCUT2D eigenvalue weighted by Gasteiger charge is 2.21. The number of amides is 1. The van der Waals surface area contributed by atoms with E-state index in [2.05, 4.69) is 6.92 Å². The van der Waals surface area contributed by atoms with Crippen LogP contribution in [-0.2, 0) is 4.79 Å². The molecule has 1 amide bonds. The van der Waals surface area contributed by atoms with Crippen LogP contribution in [0.5, 0.6) is 0 Å². The first-order chi connectivity index (χ1) is 9.19. The summed E-state index contributed by atoms with van der Waals surface area (Å²) in [4.78, 5) is 14.3. The molecular formula is C16H32N2O. The number of carbonyl (C=O) groups excluding carboxylic acids is 1. The summed E-state index contributed by atoms with van der Waals surface area (Å²) >= 11 is 0. The Kier molecular flexibility index (Phi) is 8.11. The molecule has 3 nitrogen and oxygen atoms in total. The van der Waals surface area contributed by atoms with Gasteiger partial charge in [-0.3, -0.25) is 4.79 Å². The molecular weight excluding hydrogens is 236 g/mol. The van der Waals surface area contributed by atoms with Crippen LogP contribution in [0.4, 0.5) is 0 Å². The van der Waals surface area contributed by atoms with E-state index in [4.69, 9.17) is 5.73 Å². The molecule has 1 fully saturated rings. The third-order valence-corrected chi connectivity index (χ3v) is 4.68. The van der Waals surface area contributed by atoms with E-state index in [1.54, 1.807) is 0 Å². The lowest BCUT2D eigenvalue weighted by atomic mass is 9.96. The van der Waals surface area contributed by atoms with E-state index in [0.29, 0.717) is 24.3 Å². The summed E-state index contributed by atoms with van der Waals surface area (Å²) in [5.74, 6) is 0.957. The summed E-state index contributed by atoms with van der Waals surface area (Å²) in [6.45, 7) is 2.94. The van der Waals surface area contributed by atoms with Gasteiger partial charge in [0.15, 0.2) is 0 Å². The van der Waals surface area contributed by atoms with Crippen LogP contribution in [-0.4, -0.2) is 30.4 Å². The van der Waals surface area contributed by atoms with Crippen molar-refractivity contribution in [2.45, 2.75) is 77.2 Å². The second-order valence-electron chi connectivity index (χ2n) is 6.04. The van der Waals surface area contributed by atoms with Gasteiger partial charge in [0.2, 0.25) is 5.91 Å². The molecule has 0 aliphatic heterocycles. The molecule has 1 aliphatic carbocycles. The standard InChI is InChI=1S/C16H32N2O/c1-3-14(12-13-17)10-11-16(19)18(2)15-8-6-4-5-7-9-15/h14-15H,3-13,17H2,1-2H3. The van der Waals surface area contributed by atoms with Crippen molar-refractivity contribution in [3.05, 3.63) is 0 Å². The van der Waals surface area contributed by atoms with Gasteiger partial charge in [-0.1, -0.05) is 39.0 Å². The summed E-state index contributed by atoms with van der Waals surface area (Å²) in [5.41, 5.74) is 5.61. The number of hydrogen-bond acceptors (Lipinski definition) is 2. The zero-order chi connectivity index (χ0) is 14.1. The topological polar surface area (TPSA) is 46.3 Å². The smallest absolute Gasteiger partial charge is 0.222 e. The highest BCUT2D eigenvalue weighted by atomic mass is 16.2. The number of carbonyl (C=O) groups is 1. The fourth-order valence-electron chi connectivity index (χ4n) is 3.14. The van der Waals surface area contributed by atoms with Gasteiger partial charge in [0, 0.05) is 19.5 Å². The molecule has 3 heteroatoms. The molecule has 2 N–H and O–H groups in total. The van der Waals surface area contributed by atoms with Crippen molar-refractivity contribution in [3.8, 4) is 0 Å². The first-order valence-corrected chi connectivity index (χ1v) is 8.14. The number of nitrogens with zero attached hydrogens (tertiary/aromatic N) is 1. The van der Waals surface area contributed by atoms with Crippen LogP contribution in [0.2, 0.25) is 0 Å². The third-order valence-electron chi connectivity index (χ3n) is 4.68.